The van der Waals surface area contributed by atoms with Crippen LogP contribution in [-0.4, -0.2) is 47.7 Å². The summed E-state index contributed by atoms with van der Waals surface area (Å²) in [7, 11) is 1.62. The number of carbonyl (C=O) groups excluding carboxylic acids is 1. The Morgan fingerprint density at radius 3 is 2.82 bits per heavy atom. The maximum atomic E-state index is 13.2. The Hall–Kier alpha value is -3.11. The van der Waals surface area contributed by atoms with Crippen LogP contribution >= 0.6 is 0 Å². The van der Waals surface area contributed by atoms with Crippen LogP contribution in [0, 0.1) is 0 Å². The number of nitrogens with zero attached hydrogens (tertiary/aromatic N) is 2. The first-order valence-corrected chi connectivity index (χ1v) is 11.2. The number of rotatable bonds is 8. The van der Waals surface area contributed by atoms with Gasteiger partial charge in [0.05, 0.1) is 48.8 Å². The fourth-order valence-electron chi connectivity index (χ4n) is 4.54. The minimum atomic E-state index is -1.83. The molecule has 2 aromatic heterocycles. The molecule has 4 heterocycles. The molecule has 0 unspecified atom stereocenters. The van der Waals surface area contributed by atoms with E-state index in [1.54, 1.807) is 24.7 Å². The molecule has 34 heavy (non-hydrogen) atoms. The maximum absolute atomic E-state index is 13.2. The van der Waals surface area contributed by atoms with Crippen molar-refractivity contribution in [1.82, 2.24) is 9.55 Å². The Labute approximate surface area is 195 Å². The maximum Gasteiger partial charge on any atom is 0.343 e. The predicted molar refractivity (Wildman–Crippen MR) is 122 cm³/mol. The summed E-state index contributed by atoms with van der Waals surface area (Å²) in [6.07, 6.45) is 0.113. The van der Waals surface area contributed by atoms with Gasteiger partial charge in [-0.1, -0.05) is 13.0 Å². The highest BCUT2D eigenvalue weighted by Gasteiger charge is 2.45. The Kier molecular flexibility index (Phi) is 5.95. The highest BCUT2D eigenvalue weighted by atomic mass is 16.7. The molecule has 3 aromatic rings. The van der Waals surface area contributed by atoms with Crippen molar-refractivity contribution in [2.24, 2.45) is 0 Å². The van der Waals surface area contributed by atoms with Crippen LogP contribution in [0.25, 0.3) is 22.3 Å². The molecule has 2 aliphatic heterocycles. The lowest BCUT2D eigenvalue weighted by Crippen LogP contribution is -2.44. The molecule has 2 aliphatic rings. The number of carbonyl (C=O) groups is 1. The van der Waals surface area contributed by atoms with Gasteiger partial charge < -0.3 is 28.6 Å². The van der Waals surface area contributed by atoms with Crippen molar-refractivity contribution in [2.45, 2.75) is 38.7 Å². The largest absolute Gasteiger partial charge is 0.458 e. The minimum absolute atomic E-state index is 0.113. The Balaban J connectivity index is 1.46. The number of aliphatic hydroxyl groups is 1. The van der Waals surface area contributed by atoms with Crippen LogP contribution in [0.3, 0.4) is 0 Å². The number of aromatic nitrogens is 2. The van der Waals surface area contributed by atoms with Crippen molar-refractivity contribution in [2.75, 3.05) is 27.1 Å². The molecular weight excluding hydrogens is 440 g/mol. The van der Waals surface area contributed by atoms with Gasteiger partial charge in [-0.2, -0.15) is 0 Å². The average molecular weight is 466 g/mol. The van der Waals surface area contributed by atoms with E-state index in [0.717, 1.165) is 22.0 Å². The van der Waals surface area contributed by atoms with E-state index in [-0.39, 0.29) is 25.4 Å². The molecule has 0 amide bonds. The number of ether oxygens (including phenoxy) is 4. The summed E-state index contributed by atoms with van der Waals surface area (Å²) >= 11 is 0. The Bertz CT molecular complexity index is 1330. The molecule has 1 atom stereocenters. The van der Waals surface area contributed by atoms with Gasteiger partial charge in [0, 0.05) is 23.6 Å². The molecule has 178 valence electrons. The second-order valence-corrected chi connectivity index (χ2v) is 8.49. The second-order valence-electron chi connectivity index (χ2n) is 8.49. The fourth-order valence-corrected chi connectivity index (χ4v) is 4.54. The standard InChI is InChI=1S/C25H26N2O7/c1-3-25(30)19-10-21-22-17(11-27(21)23(28)18(19)13-34-24(25)29)9-16-8-15(4-5-20(16)26-22)12-33-14-32-7-6-31-2/h4-5,8-10,30H,3,6-7,11-14H2,1-2H3/t25-/m0/s1. The van der Waals surface area contributed by atoms with Crippen molar-refractivity contribution >= 4 is 16.9 Å². The second kappa shape index (κ2) is 8.92. The zero-order valence-electron chi connectivity index (χ0n) is 19.1. The van der Waals surface area contributed by atoms with Gasteiger partial charge in [0.1, 0.15) is 13.4 Å². The number of esters is 1. The van der Waals surface area contributed by atoms with E-state index in [1.165, 1.54) is 0 Å². The van der Waals surface area contributed by atoms with Crippen LogP contribution in [0.2, 0.25) is 0 Å². The first-order valence-electron chi connectivity index (χ1n) is 11.2. The van der Waals surface area contributed by atoms with Crippen molar-refractivity contribution in [3.05, 3.63) is 62.9 Å². The molecule has 0 fully saturated rings. The van der Waals surface area contributed by atoms with E-state index in [1.807, 2.05) is 24.3 Å². The average Bonchev–Trinajstić information content (AvgIpc) is 3.20. The number of methoxy groups -OCH3 is 1. The van der Waals surface area contributed by atoms with E-state index in [0.29, 0.717) is 48.9 Å². The quantitative estimate of drug-likeness (QED) is 0.239. The third kappa shape index (κ3) is 3.70. The molecule has 0 aliphatic carbocycles. The normalized spacial score (nSPS) is 18.5. The molecule has 5 rings (SSSR count). The van der Waals surface area contributed by atoms with Crippen LogP contribution in [0.1, 0.15) is 35.6 Å². The van der Waals surface area contributed by atoms with Gasteiger partial charge in [0.25, 0.3) is 5.56 Å². The lowest BCUT2D eigenvalue weighted by atomic mass is 9.86. The summed E-state index contributed by atoms with van der Waals surface area (Å²) in [5, 5.41) is 11.9. The molecule has 0 radical (unpaired) electrons. The zero-order valence-corrected chi connectivity index (χ0v) is 19.1. The summed E-state index contributed by atoms with van der Waals surface area (Å²) in [6.45, 7) is 3.49. The van der Waals surface area contributed by atoms with Crippen molar-refractivity contribution in [3.63, 3.8) is 0 Å². The van der Waals surface area contributed by atoms with Gasteiger partial charge in [-0.05, 0) is 36.2 Å². The van der Waals surface area contributed by atoms with Crippen molar-refractivity contribution < 1.29 is 28.8 Å². The molecule has 0 bridgehead atoms. The van der Waals surface area contributed by atoms with Gasteiger partial charge in [-0.25, -0.2) is 9.78 Å². The Morgan fingerprint density at radius 1 is 1.18 bits per heavy atom. The summed E-state index contributed by atoms with van der Waals surface area (Å²) in [6, 6.07) is 9.61. The van der Waals surface area contributed by atoms with Crippen LogP contribution in [0.15, 0.2) is 35.1 Å². The molecule has 1 aromatic carbocycles. The Morgan fingerprint density at radius 2 is 2.03 bits per heavy atom. The minimum Gasteiger partial charge on any atom is -0.458 e. The van der Waals surface area contributed by atoms with E-state index in [2.05, 4.69) is 0 Å². The smallest absolute Gasteiger partial charge is 0.343 e. The first kappa shape index (κ1) is 22.7. The third-order valence-electron chi connectivity index (χ3n) is 6.44. The molecule has 0 saturated carbocycles. The van der Waals surface area contributed by atoms with Crippen LogP contribution in [-0.2, 0) is 49.1 Å². The summed E-state index contributed by atoms with van der Waals surface area (Å²) in [5.74, 6) is -0.726. The zero-order chi connectivity index (χ0) is 23.9. The monoisotopic (exact) mass is 466 g/mol. The highest BCUT2D eigenvalue weighted by Crippen LogP contribution is 2.38. The van der Waals surface area contributed by atoms with Gasteiger partial charge in [-0.15, -0.1) is 0 Å². The summed E-state index contributed by atoms with van der Waals surface area (Å²) < 4.78 is 22.6. The molecule has 9 heteroatoms. The summed E-state index contributed by atoms with van der Waals surface area (Å²) in [5.41, 5.74) is 2.48. The van der Waals surface area contributed by atoms with Crippen LogP contribution in [0.5, 0.6) is 0 Å². The van der Waals surface area contributed by atoms with E-state index in [9.17, 15) is 14.7 Å². The van der Waals surface area contributed by atoms with E-state index < -0.39 is 11.6 Å². The number of hydrogen-bond acceptors (Lipinski definition) is 8. The number of benzene rings is 1. The summed E-state index contributed by atoms with van der Waals surface area (Å²) in [4.78, 5) is 30.3. The first-order chi connectivity index (χ1) is 16.5. The topological polar surface area (TPSA) is 109 Å². The van der Waals surface area contributed by atoms with Crippen molar-refractivity contribution in [3.8, 4) is 11.4 Å². The number of fused-ring (bicyclic) bond motifs is 5. The van der Waals surface area contributed by atoms with Gasteiger partial charge >= 0.3 is 5.97 Å². The van der Waals surface area contributed by atoms with Crippen LogP contribution < -0.4 is 5.56 Å². The fraction of sp³-hybridized carbons (Fsp3) is 0.400. The molecule has 1 N–H and O–H groups in total. The highest BCUT2D eigenvalue weighted by molar-refractivity contribution is 5.86. The SMILES string of the molecule is CC[C@@]1(O)C(=O)OCc2c1cc1n(c2=O)Cc2cc3cc(COCOCCOC)ccc3nc2-1. The molecule has 0 spiro atoms. The predicted octanol–water partition coefficient (Wildman–Crippen LogP) is 2.22. The lowest BCUT2D eigenvalue weighted by Gasteiger charge is -2.31. The van der Waals surface area contributed by atoms with Gasteiger partial charge in [0.2, 0.25) is 0 Å². The van der Waals surface area contributed by atoms with Gasteiger partial charge in [0.15, 0.2) is 5.60 Å². The van der Waals surface area contributed by atoms with E-state index in [4.69, 9.17) is 23.9 Å². The lowest BCUT2D eigenvalue weighted by molar-refractivity contribution is -0.172. The molecule has 0 saturated heterocycles. The van der Waals surface area contributed by atoms with E-state index >= 15 is 0 Å². The number of pyridine rings is 2. The molecular formula is C25H26N2O7. The number of hydrogen-bond donors (Lipinski definition) is 1. The van der Waals surface area contributed by atoms with Crippen molar-refractivity contribution in [1.29, 1.82) is 0 Å². The molecule has 9 nitrogen and oxygen atoms in total. The van der Waals surface area contributed by atoms with Crippen LogP contribution in [0.4, 0.5) is 0 Å². The number of cyclic esters (lactones) is 1. The third-order valence-corrected chi connectivity index (χ3v) is 6.44. The van der Waals surface area contributed by atoms with Gasteiger partial charge in [-0.3, -0.25) is 4.79 Å².